The lowest BCUT2D eigenvalue weighted by molar-refractivity contribution is 1.11. The summed E-state index contributed by atoms with van der Waals surface area (Å²) in [5.41, 5.74) is 2.66. The van der Waals surface area contributed by atoms with Crippen molar-refractivity contribution in [1.82, 2.24) is 0 Å². The largest absolute Gasteiger partial charge is 0.0984 e. The fraction of sp³-hybridized carbons (Fsp3) is 0.273. The van der Waals surface area contributed by atoms with Crippen LogP contribution in [0.3, 0.4) is 0 Å². The normalized spacial score (nSPS) is 16.1. The van der Waals surface area contributed by atoms with Crippen molar-refractivity contribution in [3.63, 3.8) is 0 Å². The summed E-state index contributed by atoms with van der Waals surface area (Å²) >= 11 is 3.61. The first-order valence-electron chi connectivity index (χ1n) is 4.24. The zero-order valence-corrected chi connectivity index (χ0v) is 8.47. The van der Waals surface area contributed by atoms with Gasteiger partial charge in [0.2, 0.25) is 0 Å². The molecule has 2 rings (SSSR count). The third-order valence-corrected chi connectivity index (χ3v) is 3.21. The van der Waals surface area contributed by atoms with E-state index in [-0.39, 0.29) is 0 Å². The average molecular weight is 223 g/mol. The van der Waals surface area contributed by atoms with Gasteiger partial charge in [0.25, 0.3) is 0 Å². The molecule has 62 valence electrons. The average Bonchev–Trinajstić information content (AvgIpc) is 2.88. The molecule has 1 aliphatic rings. The Bertz CT molecular complexity index is 311. The van der Waals surface area contributed by atoms with Crippen molar-refractivity contribution in [2.45, 2.75) is 18.8 Å². The van der Waals surface area contributed by atoms with Gasteiger partial charge in [0.15, 0.2) is 0 Å². The zero-order chi connectivity index (χ0) is 8.55. The molecule has 1 fully saturated rings. The Kier molecular flexibility index (Phi) is 2.05. The Morgan fingerprint density at radius 2 is 2.17 bits per heavy atom. The number of benzene rings is 1. The molecule has 0 aliphatic heterocycles. The molecular formula is C11H11Br. The summed E-state index contributed by atoms with van der Waals surface area (Å²) in [6.45, 7) is 3.78. The van der Waals surface area contributed by atoms with E-state index in [1.54, 1.807) is 0 Å². The van der Waals surface area contributed by atoms with Gasteiger partial charge in [0.05, 0.1) is 0 Å². The van der Waals surface area contributed by atoms with Crippen LogP contribution in [0.15, 0.2) is 29.3 Å². The fourth-order valence-corrected chi connectivity index (χ4v) is 2.19. The van der Waals surface area contributed by atoms with Crippen molar-refractivity contribution < 1.29 is 0 Å². The smallest absolute Gasteiger partial charge is 0.0282 e. The van der Waals surface area contributed by atoms with Crippen LogP contribution in [-0.2, 0) is 0 Å². The molecule has 12 heavy (non-hydrogen) atoms. The highest BCUT2D eigenvalue weighted by Gasteiger charge is 2.25. The standard InChI is InChI=1S/C11H11Br/c1-2-8-4-3-5-10(11(8)12)9-6-7-9/h2-5,9H,1,6-7H2. The molecule has 1 aliphatic carbocycles. The molecule has 0 nitrogen and oxygen atoms in total. The lowest BCUT2D eigenvalue weighted by Crippen LogP contribution is -1.84. The zero-order valence-electron chi connectivity index (χ0n) is 6.89. The summed E-state index contributed by atoms with van der Waals surface area (Å²) in [7, 11) is 0. The van der Waals surface area contributed by atoms with Gasteiger partial charge in [-0.2, -0.15) is 0 Å². The van der Waals surface area contributed by atoms with Crippen LogP contribution in [0.4, 0.5) is 0 Å². The number of rotatable bonds is 2. The van der Waals surface area contributed by atoms with Crippen LogP contribution in [0.2, 0.25) is 0 Å². The van der Waals surface area contributed by atoms with E-state index in [9.17, 15) is 0 Å². The highest BCUT2D eigenvalue weighted by Crippen LogP contribution is 2.44. The van der Waals surface area contributed by atoms with Crippen LogP contribution in [0, 0.1) is 0 Å². The van der Waals surface area contributed by atoms with Crippen molar-refractivity contribution in [2.24, 2.45) is 0 Å². The minimum atomic E-state index is 0.805. The molecule has 0 aromatic heterocycles. The minimum Gasteiger partial charge on any atom is -0.0984 e. The second kappa shape index (κ2) is 3.06. The number of hydrogen-bond acceptors (Lipinski definition) is 0. The van der Waals surface area contributed by atoms with Gasteiger partial charge in [-0.05, 0) is 45.8 Å². The monoisotopic (exact) mass is 222 g/mol. The molecule has 1 saturated carbocycles. The number of halogens is 1. The van der Waals surface area contributed by atoms with Gasteiger partial charge in [0, 0.05) is 4.47 Å². The molecule has 0 bridgehead atoms. The van der Waals surface area contributed by atoms with Gasteiger partial charge in [0.1, 0.15) is 0 Å². The van der Waals surface area contributed by atoms with Crippen molar-refractivity contribution in [3.05, 3.63) is 40.4 Å². The van der Waals surface area contributed by atoms with Crippen molar-refractivity contribution in [2.75, 3.05) is 0 Å². The van der Waals surface area contributed by atoms with Crippen LogP contribution in [0.5, 0.6) is 0 Å². The van der Waals surface area contributed by atoms with Crippen molar-refractivity contribution in [1.29, 1.82) is 0 Å². The maximum atomic E-state index is 3.78. The highest BCUT2D eigenvalue weighted by atomic mass is 79.9. The van der Waals surface area contributed by atoms with Gasteiger partial charge in [-0.25, -0.2) is 0 Å². The van der Waals surface area contributed by atoms with E-state index in [4.69, 9.17) is 0 Å². The SMILES string of the molecule is C=Cc1cccc(C2CC2)c1Br. The predicted octanol–water partition coefficient (Wildman–Crippen LogP) is 3.97. The molecule has 1 aromatic rings. The van der Waals surface area contributed by atoms with E-state index in [1.165, 1.54) is 28.4 Å². The molecule has 0 saturated heterocycles. The topological polar surface area (TPSA) is 0 Å². The summed E-state index contributed by atoms with van der Waals surface area (Å²) in [4.78, 5) is 0. The maximum absolute atomic E-state index is 3.78. The summed E-state index contributed by atoms with van der Waals surface area (Å²) in [5, 5.41) is 0. The molecule has 0 spiro atoms. The van der Waals surface area contributed by atoms with E-state index < -0.39 is 0 Å². The lowest BCUT2D eigenvalue weighted by atomic mass is 10.1. The summed E-state index contributed by atoms with van der Waals surface area (Å²) in [6, 6.07) is 6.40. The predicted molar refractivity (Wildman–Crippen MR) is 56.2 cm³/mol. The first kappa shape index (κ1) is 8.06. The van der Waals surface area contributed by atoms with Crippen LogP contribution in [-0.4, -0.2) is 0 Å². The molecule has 0 atom stereocenters. The third kappa shape index (κ3) is 1.34. The number of hydrogen-bond donors (Lipinski definition) is 0. The van der Waals surface area contributed by atoms with Gasteiger partial charge in [-0.15, -0.1) is 0 Å². The third-order valence-electron chi connectivity index (χ3n) is 2.30. The van der Waals surface area contributed by atoms with Gasteiger partial charge >= 0.3 is 0 Å². The Morgan fingerprint density at radius 1 is 1.42 bits per heavy atom. The molecule has 0 amide bonds. The van der Waals surface area contributed by atoms with E-state index in [2.05, 4.69) is 40.7 Å². The van der Waals surface area contributed by atoms with Gasteiger partial charge < -0.3 is 0 Å². The molecule has 0 N–H and O–H groups in total. The molecule has 1 aromatic carbocycles. The second-order valence-corrected chi connectivity index (χ2v) is 4.02. The van der Waals surface area contributed by atoms with Crippen molar-refractivity contribution >= 4 is 22.0 Å². The highest BCUT2D eigenvalue weighted by molar-refractivity contribution is 9.10. The van der Waals surface area contributed by atoms with E-state index >= 15 is 0 Å². The Labute approximate surface area is 81.4 Å². The Balaban J connectivity index is 2.47. The van der Waals surface area contributed by atoms with E-state index in [0.717, 1.165) is 5.92 Å². The fourth-order valence-electron chi connectivity index (χ4n) is 1.44. The van der Waals surface area contributed by atoms with E-state index in [0.29, 0.717) is 0 Å². The Morgan fingerprint density at radius 3 is 2.75 bits per heavy atom. The molecule has 1 heteroatoms. The van der Waals surface area contributed by atoms with E-state index in [1.807, 2.05) is 6.08 Å². The summed E-state index contributed by atoms with van der Waals surface area (Å²) < 4.78 is 1.24. The van der Waals surface area contributed by atoms with Gasteiger partial charge in [-0.3, -0.25) is 0 Å². The molecular weight excluding hydrogens is 212 g/mol. The van der Waals surface area contributed by atoms with Crippen LogP contribution in [0.1, 0.15) is 29.9 Å². The first-order chi connectivity index (χ1) is 5.83. The van der Waals surface area contributed by atoms with Crippen LogP contribution < -0.4 is 0 Å². The van der Waals surface area contributed by atoms with Crippen LogP contribution >= 0.6 is 15.9 Å². The molecule has 0 radical (unpaired) electrons. The lowest BCUT2D eigenvalue weighted by Gasteiger charge is -2.04. The maximum Gasteiger partial charge on any atom is 0.0282 e. The first-order valence-corrected chi connectivity index (χ1v) is 5.03. The van der Waals surface area contributed by atoms with Gasteiger partial charge in [-0.1, -0.05) is 30.9 Å². The second-order valence-electron chi connectivity index (χ2n) is 3.23. The Hall–Kier alpha value is -0.560. The minimum absolute atomic E-state index is 0.805. The summed E-state index contributed by atoms with van der Waals surface area (Å²) in [5.74, 6) is 0.805. The quantitative estimate of drug-likeness (QED) is 0.711. The molecule has 0 heterocycles. The van der Waals surface area contributed by atoms with Crippen molar-refractivity contribution in [3.8, 4) is 0 Å². The molecule has 0 unspecified atom stereocenters. The summed E-state index contributed by atoms with van der Waals surface area (Å²) in [6.07, 6.45) is 4.59. The van der Waals surface area contributed by atoms with Crippen LogP contribution in [0.25, 0.3) is 6.08 Å².